The minimum Gasteiger partial charge on any atom is -0.468 e. The lowest BCUT2D eigenvalue weighted by atomic mass is 9.75. The zero-order valence-electron chi connectivity index (χ0n) is 48.1. The molecule has 0 radical (unpaired) electrons. The number of nitrogens with zero attached hydrogens (tertiary/aromatic N) is 2. The van der Waals surface area contributed by atoms with Gasteiger partial charge < -0.3 is 23.8 Å². The Labute approximate surface area is 462 Å². The van der Waals surface area contributed by atoms with Crippen molar-refractivity contribution < 1.29 is 28.5 Å². The minimum atomic E-state index is -1.06. The molecule has 2 aliphatic heterocycles. The summed E-state index contributed by atoms with van der Waals surface area (Å²) in [6.45, 7) is 25.2. The summed E-state index contributed by atoms with van der Waals surface area (Å²) in [6.07, 6.45) is 13.5. The van der Waals surface area contributed by atoms with Gasteiger partial charge in [-0.15, -0.1) is 131 Å². The normalized spacial score (nSPS) is 12.2. The van der Waals surface area contributed by atoms with Gasteiger partial charge in [-0.2, -0.15) is 5.26 Å². The van der Waals surface area contributed by atoms with Gasteiger partial charge in [0, 0.05) is 88.1 Å². The molecule has 1 aromatic rings. The van der Waals surface area contributed by atoms with E-state index in [2.05, 4.69) is 164 Å². The maximum absolute atomic E-state index is 11.7. The number of carbonyl (C=O) groups excluding carboxylic acids is 2. The van der Waals surface area contributed by atoms with Crippen LogP contribution in [0.3, 0.4) is 0 Å². The minimum absolute atomic E-state index is 0.113. The fourth-order valence-electron chi connectivity index (χ4n) is 6.84. The van der Waals surface area contributed by atoms with E-state index in [1.807, 2.05) is 71.9 Å². The van der Waals surface area contributed by atoms with Crippen LogP contribution in [0.4, 0.5) is 0 Å². The Morgan fingerprint density at radius 3 is 1.39 bits per heavy atom. The van der Waals surface area contributed by atoms with E-state index in [0.717, 1.165) is 76.8 Å². The van der Waals surface area contributed by atoms with E-state index in [1.54, 1.807) is 34.6 Å². The molecule has 2 heterocycles. The van der Waals surface area contributed by atoms with Crippen molar-refractivity contribution in [1.82, 2.24) is 4.90 Å². The summed E-state index contributed by atoms with van der Waals surface area (Å²) < 4.78 is 19.5. The van der Waals surface area contributed by atoms with Crippen LogP contribution in [-0.4, -0.2) is 77.6 Å². The van der Waals surface area contributed by atoms with Crippen LogP contribution < -0.4 is 0 Å². The zero-order valence-corrected chi connectivity index (χ0v) is 48.1. The standard InChI is InChI=1S/C16H15N.C12H17N.C12H14O4.C11H14O.C9H12.C8H10O/c1-3-5-12-16(14-17,13-6-4-2)15-10-8-7-9-11-15;1-4-6-8-12(9-7-5-2)10-13(3)11-12;1-4-6-8-12(7-5-2,9-16-10-13)11(14)15-3;1-3-5-7-11(8-6-4-2)9-12-10-11;2*1-3-5-7-9-8-6-4-2/h7-11H,12-13H2,1-2H3;8-11H2,1-3H3;2,10H,7-9H2,1,3H3;7-10H2,1-2H3;7-9H2,1-2H3;7-8H2,1-2H3. The van der Waals surface area contributed by atoms with Crippen molar-refractivity contribution in [3.63, 3.8) is 0 Å². The van der Waals surface area contributed by atoms with Gasteiger partial charge in [0.15, 0.2) is 0 Å². The van der Waals surface area contributed by atoms with Gasteiger partial charge in [-0.1, -0.05) is 42.2 Å². The summed E-state index contributed by atoms with van der Waals surface area (Å²) >= 11 is 0. The number of benzene rings is 1. The van der Waals surface area contributed by atoms with Crippen molar-refractivity contribution >= 4 is 12.4 Å². The van der Waals surface area contributed by atoms with Crippen molar-refractivity contribution in [3.05, 3.63) is 35.9 Å². The van der Waals surface area contributed by atoms with Crippen LogP contribution in [0, 0.1) is 170 Å². The summed E-state index contributed by atoms with van der Waals surface area (Å²) in [7, 11) is 3.41. The first kappa shape index (κ1) is 72.5. The average molecular weight is 1020 g/mol. The fraction of sp³-hybridized carbons (Fsp3) is 0.515. The predicted molar refractivity (Wildman–Crippen MR) is 312 cm³/mol. The summed E-state index contributed by atoms with van der Waals surface area (Å²) in [5, 5.41) is 9.50. The Morgan fingerprint density at radius 1 is 0.632 bits per heavy atom. The van der Waals surface area contributed by atoms with Crippen molar-refractivity contribution in [2.45, 2.75) is 152 Å². The topological polar surface area (TPSA) is 98.1 Å². The maximum Gasteiger partial charge on any atom is 0.317 e. The lowest BCUT2D eigenvalue weighted by molar-refractivity contribution is -0.157. The van der Waals surface area contributed by atoms with Crippen LogP contribution in [0.15, 0.2) is 30.3 Å². The molecule has 0 aromatic heterocycles. The van der Waals surface area contributed by atoms with Crippen LogP contribution in [0.5, 0.6) is 0 Å². The molecule has 2 aliphatic rings. The highest BCUT2D eigenvalue weighted by Gasteiger charge is 2.40. The Kier molecular flexibility index (Phi) is 47.2. The molecule has 0 amide bonds. The first-order valence-corrected chi connectivity index (χ1v) is 25.1. The van der Waals surface area contributed by atoms with Gasteiger partial charge in [-0.3, -0.25) is 9.59 Å². The van der Waals surface area contributed by atoms with Gasteiger partial charge in [0.05, 0.1) is 26.4 Å². The molecule has 0 spiro atoms. The first-order valence-electron chi connectivity index (χ1n) is 25.1. The third-order valence-corrected chi connectivity index (χ3v) is 11.0. The Balaban J connectivity index is -0.000000855. The number of esters is 1. The smallest absolute Gasteiger partial charge is 0.317 e. The number of carbonyl (C=O) groups is 2. The van der Waals surface area contributed by atoms with Gasteiger partial charge in [0.2, 0.25) is 0 Å². The Bertz CT molecular complexity index is 2500. The Hall–Kier alpha value is -7.75. The Morgan fingerprint density at radius 2 is 1.05 bits per heavy atom. The van der Waals surface area contributed by atoms with Crippen molar-refractivity contribution in [1.29, 1.82) is 5.26 Å². The maximum atomic E-state index is 11.7. The van der Waals surface area contributed by atoms with Crippen LogP contribution >= 0.6 is 0 Å². The molecule has 3 rings (SSSR count). The molecule has 0 N–H and O–H groups in total. The van der Waals surface area contributed by atoms with E-state index >= 15 is 0 Å². The number of unbranched alkanes of at least 4 members (excludes halogenated alkanes) is 2. The molecule has 76 heavy (non-hydrogen) atoms. The van der Waals surface area contributed by atoms with Gasteiger partial charge in [-0.05, 0) is 95.2 Å². The van der Waals surface area contributed by atoms with E-state index in [9.17, 15) is 14.9 Å². The molecular formula is C68H82N2O6. The third kappa shape index (κ3) is 33.9. The highest BCUT2D eigenvalue weighted by atomic mass is 16.5. The van der Waals surface area contributed by atoms with Crippen molar-refractivity contribution in [2.24, 2.45) is 16.2 Å². The number of methoxy groups -OCH3 is 1. The van der Waals surface area contributed by atoms with Crippen molar-refractivity contribution in [3.8, 4) is 149 Å². The number of ether oxygens (including phenoxy) is 4. The van der Waals surface area contributed by atoms with Crippen LogP contribution in [0.2, 0.25) is 0 Å². The highest BCUT2D eigenvalue weighted by molar-refractivity contribution is 5.78. The number of hydrogen-bond donors (Lipinski definition) is 0. The average Bonchev–Trinajstić information content (AvgIpc) is 3.43. The second kappa shape index (κ2) is 49.5. The highest BCUT2D eigenvalue weighted by Crippen LogP contribution is 2.36. The van der Waals surface area contributed by atoms with Gasteiger partial charge in [0.1, 0.15) is 30.7 Å². The molecule has 0 aliphatic carbocycles. The van der Waals surface area contributed by atoms with E-state index in [4.69, 9.17) is 15.9 Å². The predicted octanol–water partition coefficient (Wildman–Crippen LogP) is 10.9. The van der Waals surface area contributed by atoms with E-state index in [1.165, 1.54) is 7.11 Å². The monoisotopic (exact) mass is 1020 g/mol. The zero-order chi connectivity index (χ0) is 57.5. The summed E-state index contributed by atoms with van der Waals surface area (Å²) in [5.41, 5.74) is -0.0407. The molecule has 2 saturated heterocycles. The summed E-state index contributed by atoms with van der Waals surface area (Å²) in [5.74, 6) is 66.0. The quantitative estimate of drug-likeness (QED) is 0.0659. The molecule has 0 saturated carbocycles. The molecule has 8 nitrogen and oxygen atoms in total. The summed E-state index contributed by atoms with van der Waals surface area (Å²) in [4.78, 5) is 24.2. The van der Waals surface area contributed by atoms with E-state index in [0.29, 0.717) is 31.5 Å². The van der Waals surface area contributed by atoms with Gasteiger partial charge in [0.25, 0.3) is 6.47 Å². The number of nitriles is 1. The molecular weight excluding hydrogens is 941 g/mol. The second-order valence-corrected chi connectivity index (χ2v) is 17.1. The van der Waals surface area contributed by atoms with Crippen molar-refractivity contribution in [2.75, 3.05) is 60.3 Å². The lowest BCUT2D eigenvalue weighted by Crippen LogP contribution is -2.53. The van der Waals surface area contributed by atoms with Crippen LogP contribution in [-0.2, 0) is 34.0 Å². The molecule has 1 unspecified atom stereocenters. The second-order valence-electron chi connectivity index (χ2n) is 17.1. The molecule has 1 aromatic carbocycles. The number of hydrogen-bond acceptors (Lipinski definition) is 8. The fourth-order valence-corrected chi connectivity index (χ4v) is 6.84. The lowest BCUT2D eigenvalue weighted by Gasteiger charge is -2.47. The molecule has 8 heteroatoms. The van der Waals surface area contributed by atoms with Gasteiger partial charge in [-0.25, -0.2) is 0 Å². The molecule has 400 valence electrons. The molecule has 1 atom stereocenters. The number of terminal acetylenes is 1. The summed E-state index contributed by atoms with van der Waals surface area (Å²) in [6, 6.07) is 12.2. The number of rotatable bonds is 17. The molecule has 2 fully saturated rings. The molecule has 0 bridgehead atoms. The van der Waals surface area contributed by atoms with Crippen LogP contribution in [0.1, 0.15) is 152 Å². The van der Waals surface area contributed by atoms with Gasteiger partial charge >= 0.3 is 5.97 Å². The first-order chi connectivity index (χ1) is 36.8. The largest absolute Gasteiger partial charge is 0.468 e. The van der Waals surface area contributed by atoms with E-state index in [-0.39, 0.29) is 31.3 Å². The SMILES string of the molecule is C#CCC(CC#CC)(COC=O)C(=O)OC.CC#CCC(C#N)(CC#CC)c1ccccc1.CC#CCC1(CC#CC)CN(C)C1.CC#CCC1(CC#CC)COC1.CC#CCCCC#CC.CC#CCOCC#CC. The van der Waals surface area contributed by atoms with E-state index < -0.39 is 16.8 Å². The number of likely N-dealkylation sites (tertiary alicyclic amines) is 1. The third-order valence-electron chi connectivity index (χ3n) is 11.0. The van der Waals surface area contributed by atoms with Crippen LogP contribution in [0.25, 0.3) is 0 Å².